The summed E-state index contributed by atoms with van der Waals surface area (Å²) in [5.41, 5.74) is 1.64. The first-order valence-corrected chi connectivity index (χ1v) is 3.47. The number of rotatable bonds is 1. The molecule has 4 nitrogen and oxygen atoms in total. The van der Waals surface area contributed by atoms with E-state index in [4.69, 9.17) is 4.42 Å². The molecule has 2 aromatic heterocycles. The van der Waals surface area contributed by atoms with E-state index in [0.29, 0.717) is 11.7 Å². The number of hydrogen-bond donors (Lipinski definition) is 0. The van der Waals surface area contributed by atoms with Crippen LogP contribution in [0.15, 0.2) is 22.4 Å². The Morgan fingerprint density at radius 2 is 2.40 bits per heavy atom. The molecule has 0 aliphatic rings. The Bertz CT molecular complexity index is 256. The lowest BCUT2D eigenvalue weighted by Gasteiger charge is -1.80. The van der Waals surface area contributed by atoms with Gasteiger partial charge < -0.3 is 4.42 Å². The van der Waals surface area contributed by atoms with Crippen molar-refractivity contribution in [3.05, 3.63) is 18.0 Å². The van der Waals surface area contributed by atoms with Crippen LogP contribution in [0.5, 0.6) is 0 Å². The quantitative estimate of drug-likeness (QED) is 0.617. The van der Waals surface area contributed by atoms with Gasteiger partial charge in [0.2, 0.25) is 5.82 Å². The van der Waals surface area contributed by atoms with Gasteiger partial charge in [-0.05, 0) is 11.5 Å². The minimum atomic E-state index is 0.473. The second-order valence-electron chi connectivity index (χ2n) is 1.59. The summed E-state index contributed by atoms with van der Waals surface area (Å²) < 4.78 is 8.88. The zero-order valence-corrected chi connectivity index (χ0v) is 5.71. The Labute approximate surface area is 60.7 Å². The van der Waals surface area contributed by atoms with E-state index in [0.717, 1.165) is 0 Å². The number of nitrogens with zero attached hydrogens (tertiary/aromatic N) is 3. The maximum absolute atomic E-state index is 4.95. The first-order valence-electron chi connectivity index (χ1n) is 2.63. The predicted molar refractivity (Wildman–Crippen MR) is 35.4 cm³/mol. The fourth-order valence-electron chi connectivity index (χ4n) is 0.599. The van der Waals surface area contributed by atoms with E-state index in [1.165, 1.54) is 17.8 Å². The Balaban J connectivity index is 2.48. The van der Waals surface area contributed by atoms with E-state index < -0.39 is 0 Å². The Hall–Kier alpha value is -1.23. The molecular weight excluding hydrogens is 150 g/mol. The molecule has 2 heterocycles. The van der Waals surface area contributed by atoms with Crippen molar-refractivity contribution in [2.24, 2.45) is 0 Å². The largest absolute Gasteiger partial charge is 0.442 e. The summed E-state index contributed by atoms with van der Waals surface area (Å²) >= 11 is 1.28. The number of aromatic nitrogens is 3. The van der Waals surface area contributed by atoms with E-state index in [1.54, 1.807) is 11.7 Å². The van der Waals surface area contributed by atoms with Crippen LogP contribution in [0.1, 0.15) is 0 Å². The second-order valence-corrected chi connectivity index (χ2v) is 2.20. The molecule has 0 atom stereocenters. The molecule has 2 aromatic rings. The molecule has 0 fully saturated rings. The van der Waals surface area contributed by atoms with Gasteiger partial charge in [-0.2, -0.15) is 4.37 Å². The lowest BCUT2D eigenvalue weighted by molar-refractivity contribution is 0.570. The highest BCUT2D eigenvalue weighted by atomic mass is 32.1. The molecule has 0 bridgehead atoms. The van der Waals surface area contributed by atoms with Crippen molar-refractivity contribution < 1.29 is 4.42 Å². The zero-order chi connectivity index (χ0) is 6.81. The van der Waals surface area contributed by atoms with Gasteiger partial charge in [-0.1, -0.05) is 0 Å². The fraction of sp³-hybridized carbons (Fsp3) is 0. The minimum absolute atomic E-state index is 0.473. The smallest absolute Gasteiger partial charge is 0.265 e. The van der Waals surface area contributed by atoms with Crippen LogP contribution < -0.4 is 0 Å². The van der Waals surface area contributed by atoms with Crippen molar-refractivity contribution in [1.29, 1.82) is 0 Å². The fourth-order valence-corrected chi connectivity index (χ4v) is 1.02. The highest BCUT2D eigenvalue weighted by Gasteiger charge is 2.03. The molecular formula is C5H3N3OS. The van der Waals surface area contributed by atoms with Crippen LogP contribution in [0.25, 0.3) is 11.7 Å². The van der Waals surface area contributed by atoms with Crippen molar-refractivity contribution >= 4 is 11.5 Å². The molecule has 0 N–H and O–H groups in total. The Morgan fingerprint density at radius 3 is 3.00 bits per heavy atom. The minimum Gasteiger partial charge on any atom is -0.442 e. The van der Waals surface area contributed by atoms with Gasteiger partial charge in [-0.3, -0.25) is 0 Å². The van der Waals surface area contributed by atoms with E-state index in [-0.39, 0.29) is 0 Å². The maximum atomic E-state index is 4.95. The first kappa shape index (κ1) is 5.55. The summed E-state index contributed by atoms with van der Waals surface area (Å²) in [5, 5.41) is 0. The zero-order valence-electron chi connectivity index (χ0n) is 4.89. The van der Waals surface area contributed by atoms with Gasteiger partial charge in [0.15, 0.2) is 0 Å². The van der Waals surface area contributed by atoms with Gasteiger partial charge in [-0.15, -0.1) is 0 Å². The van der Waals surface area contributed by atoms with Crippen molar-refractivity contribution in [2.75, 3.05) is 0 Å². The summed E-state index contributed by atoms with van der Waals surface area (Å²) in [7, 11) is 0. The van der Waals surface area contributed by atoms with Crippen LogP contribution in [-0.4, -0.2) is 14.3 Å². The van der Waals surface area contributed by atoms with E-state index in [9.17, 15) is 0 Å². The maximum Gasteiger partial charge on any atom is 0.265 e. The van der Waals surface area contributed by atoms with Crippen LogP contribution in [-0.2, 0) is 0 Å². The van der Waals surface area contributed by atoms with E-state index >= 15 is 0 Å². The van der Waals surface area contributed by atoms with Crippen LogP contribution in [0.3, 0.4) is 0 Å². The average molecular weight is 153 g/mol. The normalized spacial score (nSPS) is 10.0. The third kappa shape index (κ3) is 0.801. The highest BCUT2D eigenvalue weighted by molar-refractivity contribution is 7.03. The molecule has 0 aliphatic heterocycles. The van der Waals surface area contributed by atoms with Crippen molar-refractivity contribution in [3.8, 4) is 11.7 Å². The van der Waals surface area contributed by atoms with Gasteiger partial charge in [0, 0.05) is 0 Å². The molecule has 50 valence electrons. The number of hydrogen-bond acceptors (Lipinski definition) is 5. The second kappa shape index (κ2) is 2.18. The molecule has 0 aliphatic carbocycles. The molecule has 0 radical (unpaired) electrons. The highest BCUT2D eigenvalue weighted by Crippen LogP contribution is 2.11. The summed E-state index contributed by atoms with van der Waals surface area (Å²) in [4.78, 5) is 7.78. The SMILES string of the molecule is c1coc(-c2ncsn2)n1. The topological polar surface area (TPSA) is 51.8 Å². The molecule has 5 heteroatoms. The molecule has 10 heavy (non-hydrogen) atoms. The van der Waals surface area contributed by atoms with Gasteiger partial charge >= 0.3 is 0 Å². The lowest BCUT2D eigenvalue weighted by Crippen LogP contribution is -1.76. The molecule has 2 rings (SSSR count). The summed E-state index contributed by atoms with van der Waals surface area (Å²) in [6.45, 7) is 0. The van der Waals surface area contributed by atoms with Crippen molar-refractivity contribution in [3.63, 3.8) is 0 Å². The summed E-state index contributed by atoms with van der Waals surface area (Å²) in [6, 6.07) is 0. The monoisotopic (exact) mass is 153 g/mol. The van der Waals surface area contributed by atoms with Gasteiger partial charge in [0.05, 0.1) is 6.20 Å². The molecule has 0 saturated heterocycles. The van der Waals surface area contributed by atoms with E-state index in [2.05, 4.69) is 14.3 Å². The first-order chi connectivity index (χ1) is 4.97. The van der Waals surface area contributed by atoms with Crippen LogP contribution >= 0.6 is 11.5 Å². The Kier molecular flexibility index (Phi) is 1.21. The Morgan fingerprint density at radius 1 is 1.40 bits per heavy atom. The van der Waals surface area contributed by atoms with Crippen LogP contribution in [0, 0.1) is 0 Å². The van der Waals surface area contributed by atoms with Crippen LogP contribution in [0.2, 0.25) is 0 Å². The standard InChI is InChI=1S/C5H3N3OS/c1-2-9-5(6-1)4-7-3-10-8-4/h1-3H. The average Bonchev–Trinajstić information content (AvgIpc) is 2.59. The summed E-state index contributed by atoms with van der Waals surface area (Å²) in [5.74, 6) is 1.02. The van der Waals surface area contributed by atoms with Gasteiger partial charge in [0.25, 0.3) is 5.89 Å². The molecule has 0 spiro atoms. The van der Waals surface area contributed by atoms with E-state index in [1.807, 2.05) is 0 Å². The third-order valence-electron chi connectivity index (χ3n) is 0.985. The molecule has 0 amide bonds. The molecule has 0 aromatic carbocycles. The lowest BCUT2D eigenvalue weighted by atomic mass is 10.6. The van der Waals surface area contributed by atoms with Gasteiger partial charge in [0.1, 0.15) is 11.8 Å². The van der Waals surface area contributed by atoms with Crippen LogP contribution in [0.4, 0.5) is 0 Å². The van der Waals surface area contributed by atoms with Crippen molar-refractivity contribution in [2.45, 2.75) is 0 Å². The predicted octanol–water partition coefficient (Wildman–Crippen LogP) is 1.19. The summed E-state index contributed by atoms with van der Waals surface area (Å²) in [6.07, 6.45) is 3.06. The van der Waals surface area contributed by atoms with Crippen molar-refractivity contribution in [1.82, 2.24) is 14.3 Å². The molecule has 0 unspecified atom stereocenters. The number of oxazole rings is 1. The van der Waals surface area contributed by atoms with Gasteiger partial charge in [-0.25, -0.2) is 9.97 Å². The molecule has 0 saturated carbocycles. The third-order valence-corrected chi connectivity index (χ3v) is 1.46.